The Hall–Kier alpha value is -3.61. The van der Waals surface area contributed by atoms with Crippen LogP contribution < -0.4 is 4.74 Å². The molecule has 29 heavy (non-hydrogen) atoms. The molecule has 2 heterocycles. The van der Waals surface area contributed by atoms with E-state index in [0.717, 1.165) is 31.8 Å². The maximum atomic E-state index is 13.1. The Labute approximate surface area is 167 Å². The highest BCUT2D eigenvalue weighted by molar-refractivity contribution is 6.16. The molecular weight excluding hydrogens is 370 g/mol. The summed E-state index contributed by atoms with van der Waals surface area (Å²) >= 11 is 0. The molecule has 0 spiro atoms. The average molecular weight is 391 g/mol. The number of nitrogens with zero attached hydrogens (tertiary/aromatic N) is 2. The van der Waals surface area contributed by atoms with Gasteiger partial charge in [0.25, 0.3) is 0 Å². The highest BCUT2D eigenvalue weighted by atomic mass is 16.5. The lowest BCUT2D eigenvalue weighted by molar-refractivity contribution is -0.148. The number of amides is 4. The minimum Gasteiger partial charge on any atom is -0.497 e. The fraction of sp³-hybridized carbons (Fsp3) is 0.227. The molecule has 0 bridgehead atoms. The van der Waals surface area contributed by atoms with Crippen molar-refractivity contribution in [3.63, 3.8) is 0 Å². The molecule has 7 heteroatoms. The van der Waals surface area contributed by atoms with Crippen LogP contribution in [0.25, 0.3) is 10.9 Å². The van der Waals surface area contributed by atoms with Crippen molar-refractivity contribution < 1.29 is 19.1 Å². The molecule has 4 amide bonds. The van der Waals surface area contributed by atoms with Crippen molar-refractivity contribution in [1.82, 2.24) is 14.8 Å². The summed E-state index contributed by atoms with van der Waals surface area (Å²) in [4.78, 5) is 43.6. The van der Waals surface area contributed by atoms with Crippen LogP contribution in [0.4, 0.5) is 4.79 Å². The van der Waals surface area contributed by atoms with Gasteiger partial charge >= 0.3 is 6.03 Å². The van der Waals surface area contributed by atoms with Crippen LogP contribution in [0.15, 0.2) is 54.7 Å². The van der Waals surface area contributed by atoms with Gasteiger partial charge in [0, 0.05) is 37.1 Å². The third-order valence-corrected chi connectivity index (χ3v) is 5.53. The van der Waals surface area contributed by atoms with E-state index in [1.54, 1.807) is 19.2 Å². The molecule has 1 aliphatic rings. The molecule has 1 atom stereocenters. The average Bonchev–Trinajstić information content (AvgIpc) is 3.18. The van der Waals surface area contributed by atoms with E-state index >= 15 is 0 Å². The summed E-state index contributed by atoms with van der Waals surface area (Å²) in [7, 11) is 4.39. The van der Waals surface area contributed by atoms with E-state index in [1.165, 1.54) is 14.1 Å². The predicted molar refractivity (Wildman–Crippen MR) is 108 cm³/mol. The number of methoxy groups -OCH3 is 1. The summed E-state index contributed by atoms with van der Waals surface area (Å²) in [5, 5.41) is 0.927. The zero-order valence-corrected chi connectivity index (χ0v) is 16.4. The number of nitrogens with one attached hydrogen (secondary N) is 1. The molecule has 1 fully saturated rings. The second-order valence-electron chi connectivity index (χ2n) is 7.10. The summed E-state index contributed by atoms with van der Waals surface area (Å²) in [6.07, 6.45) is 1.83. The molecule has 0 aliphatic carbocycles. The summed E-state index contributed by atoms with van der Waals surface area (Å²) in [6.45, 7) is 0. The van der Waals surface area contributed by atoms with Crippen molar-refractivity contribution in [3.05, 3.63) is 65.9 Å². The number of hydrogen-bond donors (Lipinski definition) is 1. The van der Waals surface area contributed by atoms with Crippen molar-refractivity contribution in [3.8, 4) is 5.75 Å². The van der Waals surface area contributed by atoms with Crippen molar-refractivity contribution >= 4 is 28.7 Å². The Morgan fingerprint density at radius 2 is 1.55 bits per heavy atom. The zero-order chi connectivity index (χ0) is 20.7. The SMILES string of the molecule is COc1ccc(C(c2c[nH]c3ccccc23)C2C(=O)N(C)C(=O)N(C)C2=O)cc1. The first kappa shape index (κ1) is 18.7. The number of carbonyl (C=O) groups excluding carboxylic acids is 3. The molecule has 148 valence electrons. The van der Waals surface area contributed by atoms with Crippen LogP contribution >= 0.6 is 0 Å². The maximum absolute atomic E-state index is 13.1. The number of para-hydroxylation sites is 1. The lowest BCUT2D eigenvalue weighted by atomic mass is 9.78. The maximum Gasteiger partial charge on any atom is 0.332 e. The molecule has 1 N–H and O–H groups in total. The Kier molecular flexibility index (Phi) is 4.58. The normalized spacial score (nSPS) is 16.6. The first-order valence-corrected chi connectivity index (χ1v) is 9.23. The Balaban J connectivity index is 1.91. The molecule has 4 rings (SSSR count). The molecule has 2 aromatic carbocycles. The van der Waals surface area contributed by atoms with Gasteiger partial charge < -0.3 is 9.72 Å². The fourth-order valence-corrected chi connectivity index (χ4v) is 3.94. The Morgan fingerprint density at radius 3 is 2.17 bits per heavy atom. The number of benzene rings is 2. The number of aromatic nitrogens is 1. The van der Waals surface area contributed by atoms with E-state index in [1.807, 2.05) is 42.6 Å². The lowest BCUT2D eigenvalue weighted by Crippen LogP contribution is -2.58. The van der Waals surface area contributed by atoms with Crippen molar-refractivity contribution in [2.24, 2.45) is 5.92 Å². The number of hydrogen-bond acceptors (Lipinski definition) is 4. The molecule has 1 aliphatic heterocycles. The molecule has 1 aromatic heterocycles. The molecular formula is C22H21N3O4. The quantitative estimate of drug-likeness (QED) is 0.693. The van der Waals surface area contributed by atoms with Crippen LogP contribution in [0.1, 0.15) is 17.0 Å². The monoisotopic (exact) mass is 391 g/mol. The van der Waals surface area contributed by atoms with Crippen LogP contribution in [0.3, 0.4) is 0 Å². The van der Waals surface area contributed by atoms with Crippen LogP contribution in [0.5, 0.6) is 5.75 Å². The van der Waals surface area contributed by atoms with Crippen LogP contribution in [-0.4, -0.2) is 53.8 Å². The van der Waals surface area contributed by atoms with Gasteiger partial charge in [-0.1, -0.05) is 30.3 Å². The van der Waals surface area contributed by atoms with Gasteiger partial charge in [-0.2, -0.15) is 0 Å². The van der Waals surface area contributed by atoms with E-state index in [9.17, 15) is 14.4 Å². The van der Waals surface area contributed by atoms with E-state index in [-0.39, 0.29) is 0 Å². The van der Waals surface area contributed by atoms with Gasteiger partial charge in [-0.25, -0.2) is 4.79 Å². The number of rotatable bonds is 4. The minimum atomic E-state index is -1.05. The third-order valence-electron chi connectivity index (χ3n) is 5.53. The predicted octanol–water partition coefficient (Wildman–Crippen LogP) is 2.98. The number of ether oxygens (including phenoxy) is 1. The van der Waals surface area contributed by atoms with E-state index in [2.05, 4.69) is 4.98 Å². The molecule has 7 nitrogen and oxygen atoms in total. The topological polar surface area (TPSA) is 82.7 Å². The number of aromatic amines is 1. The summed E-state index contributed by atoms with van der Waals surface area (Å²) < 4.78 is 5.24. The number of carbonyl (C=O) groups is 3. The van der Waals surface area contributed by atoms with Gasteiger partial charge in [-0.15, -0.1) is 0 Å². The third kappa shape index (κ3) is 2.95. The van der Waals surface area contributed by atoms with Crippen molar-refractivity contribution in [2.45, 2.75) is 5.92 Å². The van der Waals surface area contributed by atoms with Gasteiger partial charge in [0.05, 0.1) is 7.11 Å². The highest BCUT2D eigenvalue weighted by Crippen LogP contribution is 2.40. The van der Waals surface area contributed by atoms with Gasteiger partial charge in [-0.05, 0) is 29.3 Å². The minimum absolute atomic E-state index is 0.510. The number of imide groups is 2. The smallest absolute Gasteiger partial charge is 0.332 e. The van der Waals surface area contributed by atoms with E-state index in [0.29, 0.717) is 5.75 Å². The summed E-state index contributed by atoms with van der Waals surface area (Å²) in [5.41, 5.74) is 2.53. The molecule has 0 saturated carbocycles. The van der Waals surface area contributed by atoms with Gasteiger partial charge in [0.2, 0.25) is 11.8 Å². The number of urea groups is 1. The van der Waals surface area contributed by atoms with Crippen molar-refractivity contribution in [1.29, 1.82) is 0 Å². The number of barbiturate groups is 1. The van der Waals surface area contributed by atoms with Gasteiger partial charge in [0.15, 0.2) is 0 Å². The molecule has 1 unspecified atom stereocenters. The zero-order valence-electron chi connectivity index (χ0n) is 16.4. The van der Waals surface area contributed by atoms with Gasteiger partial charge in [-0.3, -0.25) is 19.4 Å². The Morgan fingerprint density at radius 1 is 0.931 bits per heavy atom. The van der Waals surface area contributed by atoms with E-state index in [4.69, 9.17) is 4.74 Å². The number of H-pyrrole nitrogens is 1. The lowest BCUT2D eigenvalue weighted by Gasteiger charge is -2.36. The second kappa shape index (κ2) is 7.09. The van der Waals surface area contributed by atoms with Crippen LogP contribution in [0.2, 0.25) is 0 Å². The van der Waals surface area contributed by atoms with E-state index < -0.39 is 29.7 Å². The highest BCUT2D eigenvalue weighted by Gasteiger charge is 2.47. The second-order valence-corrected chi connectivity index (χ2v) is 7.10. The molecule has 1 saturated heterocycles. The Bertz CT molecular complexity index is 1080. The first-order chi connectivity index (χ1) is 13.9. The summed E-state index contributed by atoms with van der Waals surface area (Å²) in [6, 6.07) is 14.4. The standard InChI is InChI=1S/C22H21N3O4/c1-24-20(26)19(21(27)25(2)22(24)28)18(13-8-10-14(29-3)11-9-13)16-12-23-17-7-5-4-6-15(16)17/h4-12,18-19,23H,1-3H3. The van der Waals surface area contributed by atoms with Crippen LogP contribution in [-0.2, 0) is 9.59 Å². The summed E-state index contributed by atoms with van der Waals surface area (Å²) in [5.74, 6) is -1.95. The van der Waals surface area contributed by atoms with Crippen LogP contribution in [0, 0.1) is 5.92 Å². The molecule has 0 radical (unpaired) electrons. The molecule has 3 aromatic rings. The largest absolute Gasteiger partial charge is 0.497 e. The number of fused-ring (bicyclic) bond motifs is 1. The first-order valence-electron chi connectivity index (χ1n) is 9.23. The van der Waals surface area contributed by atoms with Crippen molar-refractivity contribution in [2.75, 3.05) is 21.2 Å². The van der Waals surface area contributed by atoms with Gasteiger partial charge in [0.1, 0.15) is 11.7 Å². The fourth-order valence-electron chi connectivity index (χ4n) is 3.94.